The second kappa shape index (κ2) is 4.51. The number of fused-ring (bicyclic) bond motifs is 1. The van der Waals surface area contributed by atoms with E-state index < -0.39 is 0 Å². The van der Waals surface area contributed by atoms with E-state index in [2.05, 4.69) is 0 Å². The molecule has 0 bridgehead atoms. The van der Waals surface area contributed by atoms with E-state index in [9.17, 15) is 0 Å². The molecule has 4 nitrogen and oxygen atoms in total. The number of benzene rings is 1. The minimum atomic E-state index is -0.173. The van der Waals surface area contributed by atoms with Crippen molar-refractivity contribution in [1.82, 2.24) is 0 Å². The van der Waals surface area contributed by atoms with Gasteiger partial charge in [0.1, 0.15) is 0 Å². The second-order valence-corrected chi connectivity index (χ2v) is 4.93. The molecule has 18 heavy (non-hydrogen) atoms. The number of ether oxygens (including phenoxy) is 3. The molecular formula is C13H13NO3S. The number of hydrogen-bond acceptors (Lipinski definition) is 5. The first kappa shape index (κ1) is 11.4. The number of nitrogens with two attached hydrogens (primary N) is 1. The van der Waals surface area contributed by atoms with Crippen molar-refractivity contribution in [3.8, 4) is 17.2 Å². The molecule has 0 amide bonds. The van der Waals surface area contributed by atoms with Crippen LogP contribution in [0.4, 0.5) is 0 Å². The molecule has 2 heterocycles. The van der Waals surface area contributed by atoms with E-state index in [0.717, 1.165) is 10.4 Å². The van der Waals surface area contributed by atoms with Crippen molar-refractivity contribution >= 4 is 11.3 Å². The van der Waals surface area contributed by atoms with Crippen LogP contribution in [-0.4, -0.2) is 13.9 Å². The summed E-state index contributed by atoms with van der Waals surface area (Å²) in [5.41, 5.74) is 7.19. The summed E-state index contributed by atoms with van der Waals surface area (Å²) in [6.07, 6.45) is 0. The highest BCUT2D eigenvalue weighted by Crippen LogP contribution is 2.43. The molecular weight excluding hydrogens is 250 g/mol. The number of thiophene rings is 1. The lowest BCUT2D eigenvalue weighted by Gasteiger charge is -2.13. The molecule has 0 fully saturated rings. The lowest BCUT2D eigenvalue weighted by molar-refractivity contribution is 0.171. The SMILES string of the molecule is COc1cc([C@H](N)c2cccs2)cc2c1OCO2. The zero-order valence-electron chi connectivity index (χ0n) is 9.88. The summed E-state index contributed by atoms with van der Waals surface area (Å²) >= 11 is 1.63. The highest BCUT2D eigenvalue weighted by molar-refractivity contribution is 7.10. The average molecular weight is 263 g/mol. The van der Waals surface area contributed by atoms with Gasteiger partial charge in [0.15, 0.2) is 11.5 Å². The Hall–Kier alpha value is -1.72. The predicted molar refractivity (Wildman–Crippen MR) is 69.5 cm³/mol. The molecule has 1 aromatic carbocycles. The van der Waals surface area contributed by atoms with Gasteiger partial charge in [0.2, 0.25) is 12.5 Å². The van der Waals surface area contributed by atoms with Crippen LogP contribution in [0.15, 0.2) is 29.6 Å². The number of rotatable bonds is 3. The maximum atomic E-state index is 6.24. The van der Waals surface area contributed by atoms with E-state index in [-0.39, 0.29) is 12.8 Å². The van der Waals surface area contributed by atoms with Crippen LogP contribution < -0.4 is 19.9 Å². The largest absolute Gasteiger partial charge is 0.493 e. The van der Waals surface area contributed by atoms with Crippen LogP contribution in [0.1, 0.15) is 16.5 Å². The Labute approximate surface area is 109 Å². The van der Waals surface area contributed by atoms with Crippen molar-refractivity contribution in [2.75, 3.05) is 13.9 Å². The second-order valence-electron chi connectivity index (χ2n) is 3.95. The monoisotopic (exact) mass is 263 g/mol. The summed E-state index contributed by atoms with van der Waals surface area (Å²) in [5, 5.41) is 2.01. The lowest BCUT2D eigenvalue weighted by Crippen LogP contribution is -2.10. The van der Waals surface area contributed by atoms with Crippen molar-refractivity contribution in [1.29, 1.82) is 0 Å². The molecule has 0 spiro atoms. The van der Waals surface area contributed by atoms with Crippen molar-refractivity contribution in [2.45, 2.75) is 6.04 Å². The molecule has 0 aliphatic carbocycles. The Balaban J connectivity index is 2.03. The van der Waals surface area contributed by atoms with Gasteiger partial charge >= 0.3 is 0 Å². The van der Waals surface area contributed by atoms with Gasteiger partial charge in [-0.15, -0.1) is 11.3 Å². The smallest absolute Gasteiger partial charge is 0.231 e. The van der Waals surface area contributed by atoms with Crippen molar-refractivity contribution < 1.29 is 14.2 Å². The van der Waals surface area contributed by atoms with Crippen molar-refractivity contribution in [2.24, 2.45) is 5.73 Å². The van der Waals surface area contributed by atoms with Crippen LogP contribution in [0.25, 0.3) is 0 Å². The molecule has 2 N–H and O–H groups in total. The van der Waals surface area contributed by atoms with Crippen LogP contribution in [-0.2, 0) is 0 Å². The highest BCUT2D eigenvalue weighted by atomic mass is 32.1. The molecule has 0 radical (unpaired) electrons. The molecule has 1 aliphatic rings. The normalized spacial score (nSPS) is 14.6. The number of methoxy groups -OCH3 is 1. The van der Waals surface area contributed by atoms with Crippen LogP contribution in [0.3, 0.4) is 0 Å². The number of hydrogen-bond donors (Lipinski definition) is 1. The zero-order chi connectivity index (χ0) is 12.5. The minimum absolute atomic E-state index is 0.173. The summed E-state index contributed by atoms with van der Waals surface area (Å²) in [6.45, 7) is 0.226. The van der Waals surface area contributed by atoms with E-state index in [1.165, 1.54) is 0 Å². The van der Waals surface area contributed by atoms with Gasteiger partial charge in [-0.3, -0.25) is 0 Å². The van der Waals surface area contributed by atoms with Gasteiger partial charge in [0, 0.05) is 4.88 Å². The van der Waals surface area contributed by atoms with Gasteiger partial charge in [0.25, 0.3) is 0 Å². The van der Waals surface area contributed by atoms with Crippen LogP contribution >= 0.6 is 11.3 Å². The molecule has 1 atom stereocenters. The fourth-order valence-corrected chi connectivity index (χ4v) is 2.72. The highest BCUT2D eigenvalue weighted by Gasteiger charge is 2.22. The zero-order valence-corrected chi connectivity index (χ0v) is 10.7. The Morgan fingerprint density at radius 1 is 1.39 bits per heavy atom. The average Bonchev–Trinajstić information content (AvgIpc) is 3.07. The predicted octanol–water partition coefficient (Wildman–Crippen LogP) is 2.53. The summed E-state index contributed by atoms with van der Waals surface area (Å²) in [6, 6.07) is 7.65. The van der Waals surface area contributed by atoms with Gasteiger partial charge < -0.3 is 19.9 Å². The first-order valence-electron chi connectivity index (χ1n) is 5.56. The molecule has 3 rings (SSSR count). The Kier molecular flexibility index (Phi) is 2.85. The third-order valence-corrected chi connectivity index (χ3v) is 3.84. The van der Waals surface area contributed by atoms with Gasteiger partial charge in [-0.05, 0) is 29.1 Å². The van der Waals surface area contributed by atoms with Gasteiger partial charge in [-0.25, -0.2) is 0 Å². The Morgan fingerprint density at radius 2 is 2.28 bits per heavy atom. The quantitative estimate of drug-likeness (QED) is 0.924. The van der Waals surface area contributed by atoms with E-state index in [4.69, 9.17) is 19.9 Å². The topological polar surface area (TPSA) is 53.7 Å². The van der Waals surface area contributed by atoms with Gasteiger partial charge in [0.05, 0.1) is 13.2 Å². The molecule has 5 heteroatoms. The van der Waals surface area contributed by atoms with Crippen molar-refractivity contribution in [3.63, 3.8) is 0 Å². The minimum Gasteiger partial charge on any atom is -0.493 e. The van der Waals surface area contributed by atoms with Crippen LogP contribution in [0.5, 0.6) is 17.2 Å². The van der Waals surface area contributed by atoms with Gasteiger partial charge in [-0.2, -0.15) is 0 Å². The molecule has 2 aromatic rings. The van der Waals surface area contributed by atoms with E-state index in [1.807, 2.05) is 29.6 Å². The molecule has 0 unspecified atom stereocenters. The Bertz CT molecular complexity index is 554. The molecule has 0 saturated carbocycles. The van der Waals surface area contributed by atoms with Gasteiger partial charge in [-0.1, -0.05) is 6.07 Å². The molecule has 1 aromatic heterocycles. The van der Waals surface area contributed by atoms with E-state index in [1.54, 1.807) is 18.4 Å². The maximum Gasteiger partial charge on any atom is 0.231 e. The molecule has 0 saturated heterocycles. The first-order valence-corrected chi connectivity index (χ1v) is 6.44. The first-order chi connectivity index (χ1) is 8.79. The van der Waals surface area contributed by atoms with E-state index >= 15 is 0 Å². The Morgan fingerprint density at radius 3 is 3.00 bits per heavy atom. The van der Waals surface area contributed by atoms with Crippen molar-refractivity contribution in [3.05, 3.63) is 40.1 Å². The maximum absolute atomic E-state index is 6.24. The third-order valence-electron chi connectivity index (χ3n) is 2.89. The summed E-state index contributed by atoms with van der Waals surface area (Å²) in [5.74, 6) is 2.00. The molecule has 1 aliphatic heterocycles. The van der Waals surface area contributed by atoms with Crippen LogP contribution in [0, 0.1) is 0 Å². The summed E-state index contributed by atoms with van der Waals surface area (Å²) in [4.78, 5) is 1.11. The summed E-state index contributed by atoms with van der Waals surface area (Å²) < 4.78 is 16.1. The molecule has 94 valence electrons. The third kappa shape index (κ3) is 1.81. The van der Waals surface area contributed by atoms with Crippen LogP contribution in [0.2, 0.25) is 0 Å². The lowest BCUT2D eigenvalue weighted by atomic mass is 10.0. The fourth-order valence-electron chi connectivity index (χ4n) is 1.96. The van der Waals surface area contributed by atoms with E-state index in [0.29, 0.717) is 17.2 Å². The fraction of sp³-hybridized carbons (Fsp3) is 0.231. The standard InChI is InChI=1S/C13H13NO3S/c1-15-9-5-8(6-10-13(9)17-7-16-10)12(14)11-3-2-4-18-11/h2-6,12H,7,14H2,1H3/t12-/m0/s1. The summed E-state index contributed by atoms with van der Waals surface area (Å²) in [7, 11) is 1.61.